The van der Waals surface area contributed by atoms with Gasteiger partial charge in [-0.1, -0.05) is 0 Å². The number of nitrogens with zero attached hydrogens (tertiary/aromatic N) is 5. The number of hydrogen-bond donors (Lipinski definition) is 3. The highest BCUT2D eigenvalue weighted by Crippen LogP contribution is 2.05. The van der Waals surface area contributed by atoms with E-state index in [0.29, 0.717) is 18.0 Å². The number of rotatable bonds is 4. The third-order valence-electron chi connectivity index (χ3n) is 2.25. The number of fused-ring (bicyclic) bond motifs is 1. The maximum Gasteiger partial charge on any atom is 0.199 e. The van der Waals surface area contributed by atoms with Gasteiger partial charge in [-0.05, 0) is 17.4 Å². The first kappa shape index (κ1) is 10.7. The van der Waals surface area contributed by atoms with Crippen LogP contribution in [0.4, 0.5) is 5.82 Å². The Morgan fingerprint density at radius 2 is 2.38 bits per heavy atom. The average Bonchev–Trinajstić information content (AvgIpc) is 2.73. The predicted octanol–water partition coefficient (Wildman–Crippen LogP) is -1.36. The van der Waals surface area contributed by atoms with Crippen LogP contribution in [0.15, 0.2) is 12.4 Å². The first-order valence-electron chi connectivity index (χ1n) is 4.88. The zero-order valence-corrected chi connectivity index (χ0v) is 8.78. The minimum atomic E-state index is -0.575. The van der Waals surface area contributed by atoms with Crippen molar-refractivity contribution < 1.29 is 5.11 Å². The van der Waals surface area contributed by atoms with Gasteiger partial charge in [-0.3, -0.25) is 4.98 Å². The van der Waals surface area contributed by atoms with E-state index >= 15 is 0 Å². The van der Waals surface area contributed by atoms with E-state index in [0.717, 1.165) is 0 Å². The van der Waals surface area contributed by atoms with Gasteiger partial charge in [0, 0.05) is 12.6 Å². The standard InChI is InChI=1S/C8H13N7O/c1-5(16)6(9)2-11-7-3-10-4-8-12-13-14-15(7)8/h3-6,11,16H,2,9H2,1H3. The zero-order valence-electron chi connectivity index (χ0n) is 8.78. The van der Waals surface area contributed by atoms with Crippen molar-refractivity contribution in [3.8, 4) is 0 Å². The largest absolute Gasteiger partial charge is 0.392 e. The molecule has 0 fully saturated rings. The van der Waals surface area contributed by atoms with Gasteiger partial charge in [-0.15, -0.1) is 5.10 Å². The van der Waals surface area contributed by atoms with Crippen LogP contribution in [0.2, 0.25) is 0 Å². The Balaban J connectivity index is 2.12. The lowest BCUT2D eigenvalue weighted by atomic mass is 10.2. The van der Waals surface area contributed by atoms with E-state index in [1.807, 2.05) is 0 Å². The quantitative estimate of drug-likeness (QED) is 0.586. The lowest BCUT2D eigenvalue weighted by molar-refractivity contribution is 0.168. The number of hydrogen-bond acceptors (Lipinski definition) is 7. The van der Waals surface area contributed by atoms with E-state index in [9.17, 15) is 5.11 Å². The normalized spacial score (nSPS) is 14.9. The van der Waals surface area contributed by atoms with Crippen LogP contribution in [0.5, 0.6) is 0 Å². The first-order valence-corrected chi connectivity index (χ1v) is 4.88. The van der Waals surface area contributed by atoms with Crippen molar-refractivity contribution >= 4 is 11.5 Å². The summed E-state index contributed by atoms with van der Waals surface area (Å²) in [6.07, 6.45) is 2.58. The second-order valence-electron chi connectivity index (χ2n) is 3.53. The molecule has 2 rings (SSSR count). The van der Waals surface area contributed by atoms with Crippen LogP contribution in [0.1, 0.15) is 6.92 Å². The Kier molecular flexibility index (Phi) is 2.93. The minimum Gasteiger partial charge on any atom is -0.392 e. The van der Waals surface area contributed by atoms with Crippen molar-refractivity contribution in [2.24, 2.45) is 5.73 Å². The third kappa shape index (κ3) is 2.07. The van der Waals surface area contributed by atoms with Crippen molar-refractivity contribution in [1.82, 2.24) is 25.0 Å². The molecule has 0 aliphatic heterocycles. The summed E-state index contributed by atoms with van der Waals surface area (Å²) in [5.74, 6) is 0.638. The minimum absolute atomic E-state index is 0.355. The molecule has 0 radical (unpaired) electrons. The predicted molar refractivity (Wildman–Crippen MR) is 56.7 cm³/mol. The Morgan fingerprint density at radius 1 is 1.56 bits per heavy atom. The summed E-state index contributed by atoms with van der Waals surface area (Å²) in [6.45, 7) is 2.06. The topological polar surface area (TPSA) is 114 Å². The van der Waals surface area contributed by atoms with Gasteiger partial charge >= 0.3 is 0 Å². The molecular weight excluding hydrogens is 210 g/mol. The lowest BCUT2D eigenvalue weighted by Gasteiger charge is -2.15. The van der Waals surface area contributed by atoms with Crippen molar-refractivity contribution in [2.45, 2.75) is 19.1 Å². The maximum atomic E-state index is 9.24. The summed E-state index contributed by atoms with van der Waals surface area (Å²) in [4.78, 5) is 3.98. The molecule has 8 heteroatoms. The zero-order chi connectivity index (χ0) is 11.5. The summed E-state index contributed by atoms with van der Waals surface area (Å²) in [5.41, 5.74) is 6.24. The molecule has 8 nitrogen and oxygen atoms in total. The maximum absolute atomic E-state index is 9.24. The molecule has 2 atom stereocenters. The molecule has 2 aromatic heterocycles. The Morgan fingerprint density at radius 3 is 3.12 bits per heavy atom. The summed E-state index contributed by atoms with van der Waals surface area (Å²) in [6, 6.07) is -0.355. The van der Waals surface area contributed by atoms with Crippen LogP contribution >= 0.6 is 0 Å². The molecule has 16 heavy (non-hydrogen) atoms. The van der Waals surface area contributed by atoms with Crippen LogP contribution in [0.25, 0.3) is 5.65 Å². The van der Waals surface area contributed by atoms with Crippen molar-refractivity contribution in [3.63, 3.8) is 0 Å². The molecule has 0 saturated carbocycles. The molecule has 0 spiro atoms. The number of nitrogens with two attached hydrogens (primary N) is 1. The Hall–Kier alpha value is -1.80. The first-order chi connectivity index (χ1) is 7.68. The Bertz CT molecular complexity index is 468. The number of tetrazole rings is 1. The lowest BCUT2D eigenvalue weighted by Crippen LogP contribution is -2.39. The Labute approximate surface area is 91.5 Å². The average molecular weight is 223 g/mol. The van der Waals surface area contributed by atoms with Gasteiger partial charge in [0.15, 0.2) is 5.65 Å². The molecule has 0 aliphatic rings. The van der Waals surface area contributed by atoms with Gasteiger partial charge in [-0.2, -0.15) is 4.52 Å². The van der Waals surface area contributed by atoms with E-state index < -0.39 is 6.10 Å². The van der Waals surface area contributed by atoms with Crippen LogP contribution in [-0.2, 0) is 0 Å². The van der Waals surface area contributed by atoms with Gasteiger partial charge < -0.3 is 16.2 Å². The van der Waals surface area contributed by atoms with Gasteiger partial charge in [0.05, 0.1) is 18.5 Å². The van der Waals surface area contributed by atoms with Crippen LogP contribution in [-0.4, -0.2) is 48.8 Å². The van der Waals surface area contributed by atoms with Crippen molar-refractivity contribution in [3.05, 3.63) is 12.4 Å². The highest BCUT2D eigenvalue weighted by molar-refractivity contribution is 5.43. The van der Waals surface area contributed by atoms with Gasteiger partial charge in [0.1, 0.15) is 5.82 Å². The van der Waals surface area contributed by atoms with E-state index in [4.69, 9.17) is 5.73 Å². The smallest absolute Gasteiger partial charge is 0.199 e. The molecule has 4 N–H and O–H groups in total. The van der Waals surface area contributed by atoms with E-state index in [2.05, 4.69) is 25.8 Å². The second-order valence-corrected chi connectivity index (χ2v) is 3.53. The SMILES string of the molecule is CC(O)C(N)CNc1cncc2nnnn12. The molecule has 0 saturated heterocycles. The molecule has 2 unspecified atom stereocenters. The molecule has 2 aromatic rings. The third-order valence-corrected chi connectivity index (χ3v) is 2.25. The molecule has 86 valence electrons. The number of aliphatic hydroxyl groups is 1. The monoisotopic (exact) mass is 223 g/mol. The van der Waals surface area contributed by atoms with E-state index in [1.165, 1.54) is 4.52 Å². The van der Waals surface area contributed by atoms with Gasteiger partial charge in [0.25, 0.3) is 0 Å². The van der Waals surface area contributed by atoms with Crippen LogP contribution < -0.4 is 11.1 Å². The van der Waals surface area contributed by atoms with E-state index in [1.54, 1.807) is 19.3 Å². The molecule has 0 aliphatic carbocycles. The molecular formula is C8H13N7O. The van der Waals surface area contributed by atoms with Crippen LogP contribution in [0.3, 0.4) is 0 Å². The summed E-state index contributed by atoms with van der Waals surface area (Å²) in [7, 11) is 0. The second kappa shape index (κ2) is 4.37. The van der Waals surface area contributed by atoms with Crippen molar-refractivity contribution in [1.29, 1.82) is 0 Å². The molecule has 0 amide bonds. The number of aliphatic hydroxyl groups excluding tert-OH is 1. The summed E-state index contributed by atoms with van der Waals surface area (Å²) < 4.78 is 1.52. The van der Waals surface area contributed by atoms with Crippen LogP contribution in [0, 0.1) is 0 Å². The fourth-order valence-corrected chi connectivity index (χ4v) is 1.19. The molecule has 0 bridgehead atoms. The fourth-order valence-electron chi connectivity index (χ4n) is 1.19. The summed E-state index contributed by atoms with van der Waals surface area (Å²) >= 11 is 0. The fraction of sp³-hybridized carbons (Fsp3) is 0.500. The van der Waals surface area contributed by atoms with Crippen molar-refractivity contribution in [2.75, 3.05) is 11.9 Å². The van der Waals surface area contributed by atoms with Gasteiger partial charge in [0.2, 0.25) is 0 Å². The number of aromatic nitrogens is 5. The highest BCUT2D eigenvalue weighted by Gasteiger charge is 2.10. The number of nitrogens with one attached hydrogen (secondary N) is 1. The highest BCUT2D eigenvalue weighted by atomic mass is 16.3. The number of anilines is 1. The summed E-state index contributed by atoms with van der Waals surface area (Å²) in [5, 5.41) is 23.4. The van der Waals surface area contributed by atoms with Gasteiger partial charge in [-0.25, -0.2) is 0 Å². The molecule has 0 aromatic carbocycles. The molecule has 2 heterocycles. The van der Waals surface area contributed by atoms with E-state index in [-0.39, 0.29) is 6.04 Å².